The number of carbonyl (C=O) groups excluding carboxylic acids is 2. The maximum absolute atomic E-state index is 12.2. The van der Waals surface area contributed by atoms with E-state index in [0.717, 1.165) is 10.9 Å². The molecule has 0 fully saturated rings. The second-order valence-electron chi connectivity index (χ2n) is 5.73. The molecular formula is C19H20Br2N2O4. The Morgan fingerprint density at radius 2 is 1.89 bits per heavy atom. The van der Waals surface area contributed by atoms with Crippen molar-refractivity contribution >= 4 is 43.7 Å². The topological polar surface area (TPSA) is 76.7 Å². The molecule has 2 N–H and O–H groups in total. The smallest absolute Gasteiger partial charge is 0.276 e. The minimum atomic E-state index is -0.481. The highest BCUT2D eigenvalue weighted by molar-refractivity contribution is 9.11. The van der Waals surface area contributed by atoms with Crippen LogP contribution in [0, 0.1) is 0 Å². The number of hydrogen-bond acceptors (Lipinski definition) is 4. The molecule has 2 aromatic carbocycles. The highest BCUT2D eigenvalue weighted by Gasteiger charge is 2.11. The standard InChI is InChI=1S/C19H20Br2N2O4/c1-3-12(2)27-15-6-4-5-13(9-15)19(25)23-22-18(24)11-26-17-8-7-14(20)10-16(17)21/h4-10,12H,3,11H2,1-2H3,(H,22,24)(H,23,25). The summed E-state index contributed by atoms with van der Waals surface area (Å²) in [7, 11) is 0. The highest BCUT2D eigenvalue weighted by atomic mass is 79.9. The fraction of sp³-hybridized carbons (Fsp3) is 0.263. The molecular weight excluding hydrogens is 480 g/mol. The van der Waals surface area contributed by atoms with Gasteiger partial charge >= 0.3 is 0 Å². The first-order valence-electron chi connectivity index (χ1n) is 8.32. The SMILES string of the molecule is CCC(C)Oc1cccc(C(=O)NNC(=O)COc2ccc(Br)cc2Br)c1. The molecule has 27 heavy (non-hydrogen) atoms. The number of halogens is 2. The number of ether oxygens (including phenoxy) is 2. The third-order valence-electron chi connectivity index (χ3n) is 3.58. The van der Waals surface area contributed by atoms with Crippen molar-refractivity contribution in [2.24, 2.45) is 0 Å². The lowest BCUT2D eigenvalue weighted by Gasteiger charge is -2.13. The molecule has 0 aromatic heterocycles. The Kier molecular flexibility index (Phi) is 8.12. The van der Waals surface area contributed by atoms with Crippen LogP contribution in [-0.4, -0.2) is 24.5 Å². The van der Waals surface area contributed by atoms with Crippen molar-refractivity contribution in [1.29, 1.82) is 0 Å². The van der Waals surface area contributed by atoms with E-state index in [-0.39, 0.29) is 12.7 Å². The second-order valence-corrected chi connectivity index (χ2v) is 7.50. The molecule has 1 atom stereocenters. The van der Waals surface area contributed by atoms with E-state index >= 15 is 0 Å². The molecule has 0 spiro atoms. The minimum Gasteiger partial charge on any atom is -0.491 e. The van der Waals surface area contributed by atoms with Gasteiger partial charge in [0.05, 0.1) is 10.6 Å². The van der Waals surface area contributed by atoms with Gasteiger partial charge in [-0.1, -0.05) is 28.9 Å². The molecule has 0 heterocycles. The van der Waals surface area contributed by atoms with E-state index in [9.17, 15) is 9.59 Å². The maximum atomic E-state index is 12.2. The Morgan fingerprint density at radius 1 is 1.11 bits per heavy atom. The monoisotopic (exact) mass is 498 g/mol. The molecule has 1 unspecified atom stereocenters. The van der Waals surface area contributed by atoms with Gasteiger partial charge in [0.2, 0.25) is 0 Å². The Labute approximate surface area is 174 Å². The summed E-state index contributed by atoms with van der Waals surface area (Å²) in [5, 5.41) is 0. The van der Waals surface area contributed by atoms with Crippen molar-refractivity contribution in [3.63, 3.8) is 0 Å². The van der Waals surface area contributed by atoms with E-state index < -0.39 is 11.8 Å². The summed E-state index contributed by atoms with van der Waals surface area (Å²) in [5.74, 6) is 0.203. The minimum absolute atomic E-state index is 0.0538. The van der Waals surface area contributed by atoms with E-state index in [2.05, 4.69) is 42.7 Å². The van der Waals surface area contributed by atoms with Crippen molar-refractivity contribution in [1.82, 2.24) is 10.9 Å². The van der Waals surface area contributed by atoms with Gasteiger partial charge in [-0.05, 0) is 65.7 Å². The molecule has 2 rings (SSSR count). The van der Waals surface area contributed by atoms with Crippen LogP contribution in [0.5, 0.6) is 11.5 Å². The van der Waals surface area contributed by atoms with Crippen LogP contribution in [-0.2, 0) is 4.79 Å². The normalized spacial score (nSPS) is 11.4. The van der Waals surface area contributed by atoms with Gasteiger partial charge in [0.25, 0.3) is 11.8 Å². The lowest BCUT2D eigenvalue weighted by Crippen LogP contribution is -2.43. The van der Waals surface area contributed by atoms with E-state index in [0.29, 0.717) is 21.5 Å². The molecule has 8 heteroatoms. The zero-order valence-corrected chi connectivity index (χ0v) is 18.1. The predicted octanol–water partition coefficient (Wildman–Crippen LogP) is 4.23. The Bertz CT molecular complexity index is 814. The summed E-state index contributed by atoms with van der Waals surface area (Å²) >= 11 is 6.69. The summed E-state index contributed by atoms with van der Waals surface area (Å²) in [4.78, 5) is 24.1. The van der Waals surface area contributed by atoms with Gasteiger partial charge in [-0.15, -0.1) is 0 Å². The van der Waals surface area contributed by atoms with Crippen LogP contribution in [0.25, 0.3) is 0 Å². The van der Waals surface area contributed by atoms with Crippen LogP contribution in [0.3, 0.4) is 0 Å². The molecule has 0 radical (unpaired) electrons. The van der Waals surface area contributed by atoms with Crippen molar-refractivity contribution in [2.75, 3.05) is 6.61 Å². The van der Waals surface area contributed by atoms with Crippen molar-refractivity contribution < 1.29 is 19.1 Å². The Morgan fingerprint density at radius 3 is 2.59 bits per heavy atom. The molecule has 2 aromatic rings. The van der Waals surface area contributed by atoms with E-state index in [1.165, 1.54) is 0 Å². The van der Waals surface area contributed by atoms with Crippen LogP contribution in [0.4, 0.5) is 0 Å². The van der Waals surface area contributed by atoms with Crippen LogP contribution in [0.15, 0.2) is 51.4 Å². The molecule has 0 aliphatic carbocycles. The number of amides is 2. The molecule has 0 saturated carbocycles. The number of rotatable bonds is 7. The summed E-state index contributed by atoms with van der Waals surface area (Å²) < 4.78 is 12.7. The van der Waals surface area contributed by atoms with Crippen molar-refractivity contribution in [3.05, 3.63) is 57.0 Å². The van der Waals surface area contributed by atoms with Crippen LogP contribution >= 0.6 is 31.9 Å². The summed E-state index contributed by atoms with van der Waals surface area (Å²) in [6, 6.07) is 12.1. The molecule has 0 saturated heterocycles. The average molecular weight is 500 g/mol. The van der Waals surface area contributed by atoms with Crippen LogP contribution in [0.2, 0.25) is 0 Å². The van der Waals surface area contributed by atoms with Gasteiger partial charge in [-0.3, -0.25) is 20.4 Å². The van der Waals surface area contributed by atoms with Gasteiger partial charge < -0.3 is 9.47 Å². The van der Waals surface area contributed by atoms with Gasteiger partial charge in [-0.2, -0.15) is 0 Å². The predicted molar refractivity (Wildman–Crippen MR) is 110 cm³/mol. The summed E-state index contributed by atoms with van der Waals surface area (Å²) in [6.07, 6.45) is 0.916. The fourth-order valence-electron chi connectivity index (χ4n) is 2.00. The summed E-state index contributed by atoms with van der Waals surface area (Å²) in [6.45, 7) is 3.74. The van der Waals surface area contributed by atoms with Crippen LogP contribution < -0.4 is 20.3 Å². The number of carbonyl (C=O) groups is 2. The first-order chi connectivity index (χ1) is 12.9. The third kappa shape index (κ3) is 6.88. The second kappa shape index (κ2) is 10.3. The molecule has 144 valence electrons. The summed E-state index contributed by atoms with van der Waals surface area (Å²) in [5.41, 5.74) is 5.07. The van der Waals surface area contributed by atoms with E-state index in [1.54, 1.807) is 36.4 Å². The third-order valence-corrected chi connectivity index (χ3v) is 4.69. The molecule has 6 nitrogen and oxygen atoms in total. The number of hydrazine groups is 1. The number of benzene rings is 2. The van der Waals surface area contributed by atoms with Gasteiger partial charge in [-0.25, -0.2) is 0 Å². The van der Waals surface area contributed by atoms with Gasteiger partial charge in [0.15, 0.2) is 6.61 Å². The van der Waals surface area contributed by atoms with Crippen molar-refractivity contribution in [2.45, 2.75) is 26.4 Å². The van der Waals surface area contributed by atoms with Crippen molar-refractivity contribution in [3.8, 4) is 11.5 Å². The van der Waals surface area contributed by atoms with Gasteiger partial charge in [0.1, 0.15) is 11.5 Å². The Balaban J connectivity index is 1.84. The first-order valence-corrected chi connectivity index (χ1v) is 9.91. The maximum Gasteiger partial charge on any atom is 0.276 e. The molecule has 2 amide bonds. The van der Waals surface area contributed by atoms with E-state index in [1.807, 2.05) is 19.9 Å². The van der Waals surface area contributed by atoms with Crippen LogP contribution in [0.1, 0.15) is 30.6 Å². The quantitative estimate of drug-likeness (QED) is 0.559. The highest BCUT2D eigenvalue weighted by Crippen LogP contribution is 2.28. The molecule has 0 bridgehead atoms. The lowest BCUT2D eigenvalue weighted by molar-refractivity contribution is -0.123. The molecule has 0 aliphatic rings. The molecule has 0 aliphatic heterocycles. The number of hydrogen-bond donors (Lipinski definition) is 2. The van der Waals surface area contributed by atoms with Gasteiger partial charge in [0, 0.05) is 10.0 Å². The lowest BCUT2D eigenvalue weighted by atomic mass is 10.2. The largest absolute Gasteiger partial charge is 0.491 e. The number of nitrogens with one attached hydrogen (secondary N) is 2. The van der Waals surface area contributed by atoms with E-state index in [4.69, 9.17) is 9.47 Å². The zero-order chi connectivity index (χ0) is 19.8. The first kappa shape index (κ1) is 21.2. The Hall–Kier alpha value is -2.06. The fourth-order valence-corrected chi connectivity index (χ4v) is 3.16. The average Bonchev–Trinajstić information content (AvgIpc) is 2.65. The zero-order valence-electron chi connectivity index (χ0n) is 14.9.